The number of nitrogens with two attached hydrogens (primary N) is 1. The molecule has 6 nitrogen and oxygen atoms in total. The molecule has 1 aliphatic heterocycles. The molecular weight excluding hydrogens is 256 g/mol. The van der Waals surface area contributed by atoms with Crippen molar-refractivity contribution in [3.05, 3.63) is 0 Å². The van der Waals surface area contributed by atoms with Crippen LogP contribution >= 0.6 is 0 Å². The van der Waals surface area contributed by atoms with Gasteiger partial charge in [-0.15, -0.1) is 0 Å². The van der Waals surface area contributed by atoms with Crippen LogP contribution in [0.2, 0.25) is 0 Å². The van der Waals surface area contributed by atoms with Crippen molar-refractivity contribution in [2.45, 2.75) is 46.1 Å². The number of carbonyl (C=O) groups is 1. The lowest BCUT2D eigenvalue weighted by Crippen LogP contribution is -2.53. The van der Waals surface area contributed by atoms with Crippen molar-refractivity contribution in [1.29, 1.82) is 0 Å². The minimum absolute atomic E-state index is 0.251. The van der Waals surface area contributed by atoms with Crippen molar-refractivity contribution in [3.63, 3.8) is 0 Å². The Morgan fingerprint density at radius 3 is 2.25 bits per heavy atom. The van der Waals surface area contributed by atoms with Crippen molar-refractivity contribution in [3.8, 4) is 0 Å². The molecule has 0 aromatic heterocycles. The van der Waals surface area contributed by atoms with E-state index in [1.54, 1.807) is 4.90 Å². The molecule has 0 bridgehead atoms. The monoisotopic (exact) mass is 284 g/mol. The Bertz CT molecular complexity index is 342. The van der Waals surface area contributed by atoms with Crippen LogP contribution in [0.1, 0.15) is 40.5 Å². The fourth-order valence-corrected chi connectivity index (χ4v) is 1.90. The highest BCUT2D eigenvalue weighted by molar-refractivity contribution is 5.78. The summed E-state index contributed by atoms with van der Waals surface area (Å²) in [6.45, 7) is 11.2. The number of rotatable bonds is 3. The molecule has 0 saturated carbocycles. The van der Waals surface area contributed by atoms with Gasteiger partial charge in [0.15, 0.2) is 5.96 Å². The van der Waals surface area contributed by atoms with E-state index in [0.29, 0.717) is 32.1 Å². The van der Waals surface area contributed by atoms with Gasteiger partial charge in [0, 0.05) is 32.7 Å². The zero-order valence-electron chi connectivity index (χ0n) is 13.2. The molecule has 1 fully saturated rings. The minimum Gasteiger partial charge on any atom is -0.444 e. The lowest BCUT2D eigenvalue weighted by atomic mass is 10.2. The molecule has 6 heteroatoms. The average Bonchev–Trinajstić information content (AvgIpc) is 2.37. The highest BCUT2D eigenvalue weighted by atomic mass is 16.6. The first-order valence-electron chi connectivity index (χ1n) is 7.36. The second-order valence-electron chi connectivity index (χ2n) is 6.05. The molecule has 116 valence electrons. The first-order valence-corrected chi connectivity index (χ1v) is 7.36. The molecule has 20 heavy (non-hydrogen) atoms. The molecule has 0 spiro atoms. The first kappa shape index (κ1) is 16.6. The third kappa shape index (κ3) is 5.67. The van der Waals surface area contributed by atoms with E-state index >= 15 is 0 Å². The van der Waals surface area contributed by atoms with Crippen molar-refractivity contribution in [2.75, 3.05) is 32.7 Å². The Kier molecular flexibility index (Phi) is 6.10. The summed E-state index contributed by atoms with van der Waals surface area (Å²) < 4.78 is 5.36. The van der Waals surface area contributed by atoms with E-state index < -0.39 is 5.60 Å². The highest BCUT2D eigenvalue weighted by Gasteiger charge is 2.26. The summed E-state index contributed by atoms with van der Waals surface area (Å²) in [7, 11) is 0. The van der Waals surface area contributed by atoms with Gasteiger partial charge in [-0.2, -0.15) is 0 Å². The Hall–Kier alpha value is -1.46. The van der Waals surface area contributed by atoms with Gasteiger partial charge in [-0.1, -0.05) is 13.3 Å². The molecule has 0 aromatic carbocycles. The Labute approximate surface area is 122 Å². The van der Waals surface area contributed by atoms with E-state index in [1.165, 1.54) is 0 Å². The van der Waals surface area contributed by atoms with Crippen LogP contribution in [0.5, 0.6) is 0 Å². The van der Waals surface area contributed by atoms with Crippen LogP contribution in [0.4, 0.5) is 4.79 Å². The van der Waals surface area contributed by atoms with Gasteiger partial charge in [0.1, 0.15) is 5.60 Å². The molecule has 1 amide bonds. The number of ether oxygens (including phenoxy) is 1. The van der Waals surface area contributed by atoms with Gasteiger partial charge < -0.3 is 20.3 Å². The quantitative estimate of drug-likeness (QED) is 0.486. The average molecular weight is 284 g/mol. The standard InChI is InChI=1S/C14H28N4O2/c1-5-6-7-16-12(15)17-8-10-18(11-9-17)13(19)20-14(2,3)4/h5-11H2,1-4H3,(H2,15,16). The smallest absolute Gasteiger partial charge is 0.410 e. The van der Waals surface area contributed by atoms with Crippen molar-refractivity contribution in [1.82, 2.24) is 9.80 Å². The number of guanidine groups is 1. The number of hydrogen-bond acceptors (Lipinski definition) is 3. The number of amides is 1. The molecular formula is C14H28N4O2. The zero-order chi connectivity index (χ0) is 15.2. The zero-order valence-corrected chi connectivity index (χ0v) is 13.2. The summed E-state index contributed by atoms with van der Waals surface area (Å²) in [5.74, 6) is 0.585. The third-order valence-electron chi connectivity index (χ3n) is 3.04. The topological polar surface area (TPSA) is 71.2 Å². The fourth-order valence-electron chi connectivity index (χ4n) is 1.90. The summed E-state index contributed by atoms with van der Waals surface area (Å²) in [4.78, 5) is 20.0. The molecule has 0 aliphatic carbocycles. The molecule has 1 heterocycles. The number of carbonyl (C=O) groups excluding carboxylic acids is 1. The Morgan fingerprint density at radius 2 is 1.75 bits per heavy atom. The molecule has 0 atom stereocenters. The molecule has 0 aromatic rings. The molecule has 2 N–H and O–H groups in total. The second kappa shape index (κ2) is 7.36. The third-order valence-corrected chi connectivity index (χ3v) is 3.04. The first-order chi connectivity index (χ1) is 9.33. The summed E-state index contributed by atoms with van der Waals surface area (Å²) in [6, 6.07) is 0. The van der Waals surface area contributed by atoms with E-state index in [2.05, 4.69) is 11.9 Å². The van der Waals surface area contributed by atoms with E-state index in [-0.39, 0.29) is 6.09 Å². The Balaban J connectivity index is 2.39. The van der Waals surface area contributed by atoms with Crippen LogP contribution in [0, 0.1) is 0 Å². The largest absolute Gasteiger partial charge is 0.444 e. The number of piperazine rings is 1. The molecule has 0 radical (unpaired) electrons. The van der Waals surface area contributed by atoms with Crippen LogP contribution in [0.25, 0.3) is 0 Å². The van der Waals surface area contributed by atoms with Crippen LogP contribution in [0.15, 0.2) is 4.99 Å². The molecule has 0 unspecified atom stereocenters. The minimum atomic E-state index is -0.450. The predicted molar refractivity (Wildman–Crippen MR) is 80.8 cm³/mol. The molecule has 1 aliphatic rings. The van der Waals surface area contributed by atoms with Crippen LogP contribution < -0.4 is 5.73 Å². The van der Waals surface area contributed by atoms with Crippen molar-refractivity contribution < 1.29 is 9.53 Å². The van der Waals surface area contributed by atoms with Gasteiger partial charge in [0.05, 0.1) is 0 Å². The van der Waals surface area contributed by atoms with Crippen molar-refractivity contribution in [2.24, 2.45) is 10.7 Å². The maximum absolute atomic E-state index is 11.9. The highest BCUT2D eigenvalue weighted by Crippen LogP contribution is 2.11. The summed E-state index contributed by atoms with van der Waals surface area (Å²) in [5, 5.41) is 0. The van der Waals surface area contributed by atoms with Crippen molar-refractivity contribution >= 4 is 12.1 Å². The van der Waals surface area contributed by atoms with Gasteiger partial charge in [0.25, 0.3) is 0 Å². The van der Waals surface area contributed by atoms with E-state index in [4.69, 9.17) is 10.5 Å². The lowest BCUT2D eigenvalue weighted by Gasteiger charge is -2.36. The summed E-state index contributed by atoms with van der Waals surface area (Å²) >= 11 is 0. The normalized spacial score (nSPS) is 17.3. The Morgan fingerprint density at radius 1 is 1.20 bits per heavy atom. The number of hydrogen-bond donors (Lipinski definition) is 1. The van der Waals surface area contributed by atoms with Gasteiger partial charge in [-0.25, -0.2) is 4.79 Å². The van der Waals surface area contributed by atoms with E-state index in [0.717, 1.165) is 19.4 Å². The van der Waals surface area contributed by atoms with Gasteiger partial charge in [-0.05, 0) is 27.2 Å². The predicted octanol–water partition coefficient (Wildman–Crippen LogP) is 1.65. The SMILES string of the molecule is CCCCN=C(N)N1CCN(C(=O)OC(C)(C)C)CC1. The summed E-state index contributed by atoms with van der Waals surface area (Å²) in [6.07, 6.45) is 1.92. The van der Waals surface area contributed by atoms with Crippen LogP contribution in [0.3, 0.4) is 0 Å². The number of unbranched alkanes of at least 4 members (excludes halogenated alkanes) is 1. The maximum Gasteiger partial charge on any atom is 0.410 e. The maximum atomic E-state index is 11.9. The second-order valence-corrected chi connectivity index (χ2v) is 6.05. The van der Waals surface area contributed by atoms with E-state index in [9.17, 15) is 4.79 Å². The van der Waals surface area contributed by atoms with Gasteiger partial charge in [0.2, 0.25) is 0 Å². The number of nitrogens with zero attached hydrogens (tertiary/aromatic N) is 3. The van der Waals surface area contributed by atoms with Crippen LogP contribution in [-0.2, 0) is 4.74 Å². The lowest BCUT2D eigenvalue weighted by molar-refractivity contribution is 0.0186. The fraction of sp³-hybridized carbons (Fsp3) is 0.857. The van der Waals surface area contributed by atoms with Crippen LogP contribution in [-0.4, -0.2) is 60.2 Å². The van der Waals surface area contributed by atoms with E-state index in [1.807, 2.05) is 25.7 Å². The summed E-state index contributed by atoms with van der Waals surface area (Å²) in [5.41, 5.74) is 5.50. The molecule has 1 rings (SSSR count). The number of aliphatic imine (C=N–C) groups is 1. The van der Waals surface area contributed by atoms with Gasteiger partial charge >= 0.3 is 6.09 Å². The molecule has 1 saturated heterocycles. The van der Waals surface area contributed by atoms with Gasteiger partial charge in [-0.3, -0.25) is 4.99 Å².